The SMILES string of the molecule is CC(NC(=O)C(=N)c1c(N)cccc1Cc1cccc(C(F)(F)F)c1)c1ccc(C(=O)O)cc1. The number of aromatic carboxylic acids is 1. The topological polar surface area (TPSA) is 116 Å². The van der Waals surface area contributed by atoms with E-state index in [4.69, 9.17) is 16.2 Å². The van der Waals surface area contributed by atoms with Crippen LogP contribution in [0.5, 0.6) is 0 Å². The van der Waals surface area contributed by atoms with Crippen molar-refractivity contribution in [1.82, 2.24) is 5.32 Å². The third kappa shape index (κ3) is 5.61. The van der Waals surface area contributed by atoms with E-state index >= 15 is 0 Å². The van der Waals surface area contributed by atoms with Crippen LogP contribution >= 0.6 is 0 Å². The van der Waals surface area contributed by atoms with Crippen LogP contribution in [0.25, 0.3) is 0 Å². The number of nitrogens with two attached hydrogens (primary N) is 1. The van der Waals surface area contributed by atoms with Crippen molar-refractivity contribution < 1.29 is 27.9 Å². The summed E-state index contributed by atoms with van der Waals surface area (Å²) in [6, 6.07) is 15.0. The fraction of sp³-hybridized carbons (Fsp3) is 0.160. The van der Waals surface area contributed by atoms with Crippen molar-refractivity contribution >= 4 is 23.3 Å². The maximum atomic E-state index is 13.1. The van der Waals surface area contributed by atoms with Gasteiger partial charge in [0.25, 0.3) is 5.91 Å². The van der Waals surface area contributed by atoms with Crippen LogP contribution in [0.2, 0.25) is 0 Å². The first-order valence-electron chi connectivity index (χ1n) is 10.2. The highest BCUT2D eigenvalue weighted by Crippen LogP contribution is 2.30. The fourth-order valence-electron chi connectivity index (χ4n) is 3.53. The number of nitrogens with one attached hydrogen (secondary N) is 2. The van der Waals surface area contributed by atoms with Gasteiger partial charge in [0.15, 0.2) is 0 Å². The number of hydrogen-bond donors (Lipinski definition) is 4. The largest absolute Gasteiger partial charge is 0.478 e. The highest BCUT2D eigenvalue weighted by Gasteiger charge is 2.30. The molecule has 0 heterocycles. The molecular formula is C25H22F3N3O3. The van der Waals surface area contributed by atoms with Crippen molar-refractivity contribution in [3.05, 3.63) is 100 Å². The Kier molecular flexibility index (Phi) is 7.05. The molecule has 1 amide bonds. The molecule has 0 saturated carbocycles. The molecule has 0 aliphatic carbocycles. The zero-order chi connectivity index (χ0) is 25.0. The Labute approximate surface area is 193 Å². The number of nitrogen functional groups attached to an aromatic ring is 1. The van der Waals surface area contributed by atoms with E-state index in [1.807, 2.05) is 0 Å². The van der Waals surface area contributed by atoms with E-state index in [1.54, 1.807) is 31.2 Å². The van der Waals surface area contributed by atoms with E-state index in [0.29, 0.717) is 16.7 Å². The zero-order valence-corrected chi connectivity index (χ0v) is 18.1. The second kappa shape index (κ2) is 9.78. The molecule has 0 aromatic heterocycles. The molecule has 0 fully saturated rings. The van der Waals surface area contributed by atoms with E-state index < -0.39 is 35.4 Å². The first-order chi connectivity index (χ1) is 16.0. The molecule has 3 aromatic rings. The third-order valence-electron chi connectivity index (χ3n) is 5.31. The number of carboxylic acid groups (broad SMARTS) is 1. The molecule has 5 N–H and O–H groups in total. The van der Waals surface area contributed by atoms with Crippen molar-refractivity contribution in [1.29, 1.82) is 5.41 Å². The Bertz CT molecular complexity index is 1240. The molecule has 3 rings (SSSR count). The fourth-order valence-corrected chi connectivity index (χ4v) is 3.53. The predicted molar refractivity (Wildman–Crippen MR) is 122 cm³/mol. The predicted octanol–water partition coefficient (Wildman–Crippen LogP) is 4.82. The lowest BCUT2D eigenvalue weighted by molar-refractivity contribution is -0.137. The van der Waals surface area contributed by atoms with Crippen LogP contribution in [0.1, 0.15) is 51.1 Å². The molecule has 0 bridgehead atoms. The van der Waals surface area contributed by atoms with Gasteiger partial charge in [0.1, 0.15) is 5.71 Å². The molecule has 3 aromatic carbocycles. The van der Waals surface area contributed by atoms with Gasteiger partial charge in [-0.2, -0.15) is 13.2 Å². The highest BCUT2D eigenvalue weighted by atomic mass is 19.4. The van der Waals surface area contributed by atoms with Crippen molar-refractivity contribution in [2.24, 2.45) is 0 Å². The maximum absolute atomic E-state index is 13.1. The van der Waals surface area contributed by atoms with Gasteiger partial charge in [0.2, 0.25) is 0 Å². The lowest BCUT2D eigenvalue weighted by atomic mass is 9.94. The van der Waals surface area contributed by atoms with Gasteiger partial charge in [-0.1, -0.05) is 42.5 Å². The van der Waals surface area contributed by atoms with Crippen LogP contribution in [0.4, 0.5) is 18.9 Å². The monoisotopic (exact) mass is 469 g/mol. The van der Waals surface area contributed by atoms with Gasteiger partial charge in [0, 0.05) is 11.3 Å². The van der Waals surface area contributed by atoms with E-state index in [2.05, 4.69) is 5.32 Å². The average Bonchev–Trinajstić information content (AvgIpc) is 2.78. The van der Waals surface area contributed by atoms with Crippen molar-refractivity contribution in [2.45, 2.75) is 25.6 Å². The standard InChI is InChI=1S/C25H22F3N3O3/c1-14(16-8-10-17(11-9-16)24(33)34)31-23(32)22(30)21-18(5-3-7-20(21)29)12-15-4-2-6-19(13-15)25(26,27)28/h2-11,13-14,30H,12,29H2,1H3,(H,31,32)(H,33,34). The molecule has 176 valence electrons. The molecule has 0 aliphatic heterocycles. The van der Waals surface area contributed by atoms with E-state index in [9.17, 15) is 22.8 Å². The Morgan fingerprint density at radius 1 is 1.06 bits per heavy atom. The minimum Gasteiger partial charge on any atom is -0.478 e. The summed E-state index contributed by atoms with van der Waals surface area (Å²) in [5.74, 6) is -1.80. The molecule has 9 heteroatoms. The summed E-state index contributed by atoms with van der Waals surface area (Å²) in [6.07, 6.45) is -4.44. The van der Waals surface area contributed by atoms with Crippen LogP contribution in [-0.4, -0.2) is 22.7 Å². The van der Waals surface area contributed by atoms with Gasteiger partial charge in [-0.3, -0.25) is 10.2 Å². The number of rotatable bonds is 7. The normalized spacial score (nSPS) is 12.1. The van der Waals surface area contributed by atoms with Gasteiger partial charge < -0.3 is 16.2 Å². The molecule has 1 unspecified atom stereocenters. The van der Waals surface area contributed by atoms with Crippen molar-refractivity contribution in [2.75, 3.05) is 5.73 Å². The number of carboxylic acids is 1. The van der Waals surface area contributed by atoms with Gasteiger partial charge in [-0.25, -0.2) is 4.79 Å². The smallest absolute Gasteiger partial charge is 0.416 e. The maximum Gasteiger partial charge on any atom is 0.416 e. The minimum absolute atomic E-state index is 0.0478. The van der Waals surface area contributed by atoms with E-state index in [1.165, 1.54) is 30.3 Å². The van der Waals surface area contributed by atoms with Crippen LogP contribution in [0.3, 0.4) is 0 Å². The third-order valence-corrected chi connectivity index (χ3v) is 5.31. The number of halogens is 3. The Balaban J connectivity index is 1.82. The molecule has 0 saturated heterocycles. The molecule has 34 heavy (non-hydrogen) atoms. The molecule has 1 atom stereocenters. The second-order valence-corrected chi connectivity index (χ2v) is 7.75. The van der Waals surface area contributed by atoms with Crippen LogP contribution < -0.4 is 11.1 Å². The molecule has 6 nitrogen and oxygen atoms in total. The first kappa shape index (κ1) is 24.5. The minimum atomic E-state index is -4.49. The molecule has 0 spiro atoms. The zero-order valence-electron chi connectivity index (χ0n) is 18.1. The molecule has 0 aliphatic rings. The lowest BCUT2D eigenvalue weighted by Crippen LogP contribution is -2.34. The number of anilines is 1. The summed E-state index contributed by atoms with van der Waals surface area (Å²) in [7, 11) is 0. The molecular weight excluding hydrogens is 447 g/mol. The highest BCUT2D eigenvalue weighted by molar-refractivity contribution is 6.45. The summed E-state index contributed by atoms with van der Waals surface area (Å²) < 4.78 is 39.2. The quantitative estimate of drug-likeness (QED) is 0.293. The van der Waals surface area contributed by atoms with Crippen molar-refractivity contribution in [3.8, 4) is 0 Å². The average molecular weight is 469 g/mol. The Morgan fingerprint density at radius 2 is 1.71 bits per heavy atom. The number of benzene rings is 3. The summed E-state index contributed by atoms with van der Waals surface area (Å²) >= 11 is 0. The van der Waals surface area contributed by atoms with Gasteiger partial charge in [-0.05, 0) is 54.3 Å². The number of hydrogen-bond acceptors (Lipinski definition) is 4. The first-order valence-corrected chi connectivity index (χ1v) is 10.2. The van der Waals surface area contributed by atoms with Crippen LogP contribution in [-0.2, 0) is 17.4 Å². The lowest BCUT2D eigenvalue weighted by Gasteiger charge is -2.18. The Morgan fingerprint density at radius 3 is 2.32 bits per heavy atom. The van der Waals surface area contributed by atoms with Crippen LogP contribution in [0, 0.1) is 5.41 Å². The second-order valence-electron chi connectivity index (χ2n) is 7.75. The van der Waals surface area contributed by atoms with Crippen molar-refractivity contribution in [3.63, 3.8) is 0 Å². The van der Waals surface area contributed by atoms with Gasteiger partial charge in [-0.15, -0.1) is 0 Å². The van der Waals surface area contributed by atoms with E-state index in [-0.39, 0.29) is 23.2 Å². The van der Waals surface area contributed by atoms with Gasteiger partial charge >= 0.3 is 12.1 Å². The number of carbonyl (C=O) groups is 2. The van der Waals surface area contributed by atoms with E-state index in [0.717, 1.165) is 12.1 Å². The van der Waals surface area contributed by atoms with Crippen LogP contribution in [0.15, 0.2) is 66.7 Å². The Hall–Kier alpha value is -4.14. The summed E-state index contributed by atoms with van der Waals surface area (Å²) in [5, 5.41) is 20.1. The summed E-state index contributed by atoms with van der Waals surface area (Å²) in [5.41, 5.74) is 6.68. The number of alkyl halides is 3. The van der Waals surface area contributed by atoms with Gasteiger partial charge in [0.05, 0.1) is 17.2 Å². The number of carbonyl (C=O) groups excluding carboxylic acids is 1. The number of amides is 1. The summed E-state index contributed by atoms with van der Waals surface area (Å²) in [6.45, 7) is 1.68. The summed E-state index contributed by atoms with van der Waals surface area (Å²) in [4.78, 5) is 23.8. The molecule has 0 radical (unpaired) electrons.